The van der Waals surface area contributed by atoms with Gasteiger partial charge in [0.25, 0.3) is 5.91 Å². The van der Waals surface area contributed by atoms with Gasteiger partial charge in [-0.1, -0.05) is 18.2 Å². The van der Waals surface area contributed by atoms with Gasteiger partial charge in [0, 0.05) is 5.38 Å². The van der Waals surface area contributed by atoms with Crippen LogP contribution in [0.15, 0.2) is 35.7 Å². The molecule has 0 unspecified atom stereocenters. The zero-order valence-electron chi connectivity index (χ0n) is 12.1. The molecule has 114 valence electrons. The average molecular weight is 324 g/mol. The van der Waals surface area contributed by atoms with Gasteiger partial charge in [0.15, 0.2) is 16.5 Å². The van der Waals surface area contributed by atoms with Crippen molar-refractivity contribution in [3.63, 3.8) is 0 Å². The molecule has 2 heterocycles. The number of rotatable bonds is 3. The number of hydrogen-bond acceptors (Lipinski definition) is 6. The first-order chi connectivity index (χ1) is 11.1. The molecule has 0 aliphatic heterocycles. The Morgan fingerprint density at radius 3 is 2.74 bits per heavy atom. The summed E-state index contributed by atoms with van der Waals surface area (Å²) in [7, 11) is 0. The van der Waals surface area contributed by atoms with Crippen LogP contribution in [0.2, 0.25) is 0 Å². The number of anilines is 2. The first-order valence-electron chi connectivity index (χ1n) is 6.67. The number of aromatic nitrogens is 3. The highest BCUT2D eigenvalue weighted by molar-refractivity contribution is 7.13. The molecule has 3 aromatic rings. The van der Waals surface area contributed by atoms with Crippen LogP contribution in [-0.4, -0.2) is 20.7 Å². The topological polar surface area (TPSA) is 110 Å². The summed E-state index contributed by atoms with van der Waals surface area (Å²) in [5.41, 5.74) is 7.56. The summed E-state index contributed by atoms with van der Waals surface area (Å²) in [6.07, 6.45) is 0. The predicted molar refractivity (Wildman–Crippen MR) is 87.5 cm³/mol. The second-order valence-electron chi connectivity index (χ2n) is 4.72. The molecule has 7 nitrogen and oxygen atoms in total. The van der Waals surface area contributed by atoms with Crippen LogP contribution >= 0.6 is 11.3 Å². The maximum Gasteiger partial charge on any atom is 0.280 e. The molecule has 23 heavy (non-hydrogen) atoms. The lowest BCUT2D eigenvalue weighted by Gasteiger charge is -2.01. The molecule has 0 bridgehead atoms. The number of hydrogen-bond donors (Lipinski definition) is 2. The van der Waals surface area contributed by atoms with Crippen LogP contribution in [0.1, 0.15) is 21.9 Å². The van der Waals surface area contributed by atoms with Crippen LogP contribution in [0.25, 0.3) is 5.69 Å². The zero-order chi connectivity index (χ0) is 16.4. The third kappa shape index (κ3) is 2.77. The molecular formula is C15H12N6OS. The van der Waals surface area contributed by atoms with Gasteiger partial charge in [-0.15, -0.1) is 11.3 Å². The van der Waals surface area contributed by atoms with Gasteiger partial charge in [0.1, 0.15) is 11.8 Å². The van der Waals surface area contributed by atoms with E-state index in [9.17, 15) is 10.1 Å². The normalized spacial score (nSPS) is 10.3. The van der Waals surface area contributed by atoms with E-state index in [1.54, 1.807) is 12.1 Å². The van der Waals surface area contributed by atoms with Crippen molar-refractivity contribution in [3.05, 3.63) is 52.8 Å². The third-order valence-corrected chi connectivity index (χ3v) is 3.96. The van der Waals surface area contributed by atoms with Gasteiger partial charge in [-0.05, 0) is 19.1 Å². The lowest BCUT2D eigenvalue weighted by molar-refractivity contribution is 0.102. The van der Waals surface area contributed by atoms with Gasteiger partial charge < -0.3 is 5.73 Å². The number of amides is 1. The molecule has 0 aliphatic carbocycles. The van der Waals surface area contributed by atoms with Crippen LogP contribution < -0.4 is 11.1 Å². The number of carbonyl (C=O) groups is 1. The zero-order valence-corrected chi connectivity index (χ0v) is 13.0. The SMILES string of the molecule is Cc1csc(NC(=O)c2nn(-c3ccccc3)c(C#N)c2N)n1. The second kappa shape index (κ2) is 5.90. The number of thiazole rings is 1. The molecule has 1 amide bonds. The minimum Gasteiger partial charge on any atom is -0.394 e. The molecule has 0 radical (unpaired) electrons. The molecule has 8 heteroatoms. The number of aryl methyl sites for hydroxylation is 1. The van der Waals surface area contributed by atoms with E-state index in [1.165, 1.54) is 16.0 Å². The Kier molecular flexibility index (Phi) is 3.78. The maximum atomic E-state index is 12.3. The van der Waals surface area contributed by atoms with E-state index in [0.717, 1.165) is 5.69 Å². The van der Waals surface area contributed by atoms with Crippen molar-refractivity contribution < 1.29 is 4.79 Å². The van der Waals surface area contributed by atoms with Crippen LogP contribution in [0.3, 0.4) is 0 Å². The van der Waals surface area contributed by atoms with E-state index in [0.29, 0.717) is 10.8 Å². The summed E-state index contributed by atoms with van der Waals surface area (Å²) in [4.78, 5) is 16.5. The summed E-state index contributed by atoms with van der Waals surface area (Å²) in [6, 6.07) is 11.0. The van der Waals surface area contributed by atoms with Crippen molar-refractivity contribution in [1.82, 2.24) is 14.8 Å². The predicted octanol–water partition coefficient (Wildman–Crippen LogP) is 2.34. The van der Waals surface area contributed by atoms with E-state index in [1.807, 2.05) is 36.6 Å². The molecule has 0 spiro atoms. The Hall–Kier alpha value is -3.18. The average Bonchev–Trinajstić information content (AvgIpc) is 3.11. The quantitative estimate of drug-likeness (QED) is 0.768. The van der Waals surface area contributed by atoms with Gasteiger partial charge in [-0.25, -0.2) is 9.67 Å². The highest BCUT2D eigenvalue weighted by atomic mass is 32.1. The van der Waals surface area contributed by atoms with Crippen molar-refractivity contribution in [1.29, 1.82) is 5.26 Å². The van der Waals surface area contributed by atoms with Gasteiger partial charge in [-0.2, -0.15) is 10.4 Å². The minimum atomic E-state index is -0.497. The van der Waals surface area contributed by atoms with Crippen molar-refractivity contribution in [3.8, 4) is 11.8 Å². The molecule has 3 rings (SSSR count). The maximum absolute atomic E-state index is 12.3. The molecular weight excluding hydrogens is 312 g/mol. The Labute approximate surface area is 136 Å². The fourth-order valence-corrected chi connectivity index (χ4v) is 2.71. The minimum absolute atomic E-state index is 0.00161. The van der Waals surface area contributed by atoms with Gasteiger partial charge in [-0.3, -0.25) is 10.1 Å². The monoisotopic (exact) mass is 324 g/mol. The lowest BCUT2D eigenvalue weighted by atomic mass is 10.2. The van der Waals surface area contributed by atoms with Crippen LogP contribution in [-0.2, 0) is 0 Å². The summed E-state index contributed by atoms with van der Waals surface area (Å²) >= 11 is 1.31. The molecule has 0 atom stereocenters. The largest absolute Gasteiger partial charge is 0.394 e. The number of nitrogen functional groups attached to an aromatic ring is 1. The summed E-state index contributed by atoms with van der Waals surface area (Å²) in [5, 5.41) is 18.4. The first-order valence-corrected chi connectivity index (χ1v) is 7.55. The van der Waals surface area contributed by atoms with Gasteiger partial charge >= 0.3 is 0 Å². The molecule has 0 saturated carbocycles. The molecule has 1 aromatic carbocycles. The fraction of sp³-hybridized carbons (Fsp3) is 0.0667. The van der Waals surface area contributed by atoms with Crippen molar-refractivity contribution >= 4 is 28.1 Å². The molecule has 0 fully saturated rings. The fourth-order valence-electron chi connectivity index (χ4n) is 2.03. The number of carbonyl (C=O) groups excluding carboxylic acids is 1. The standard InChI is InChI=1S/C15H12N6OS/c1-9-8-23-15(18-9)19-14(22)13-12(17)11(7-16)21(20-13)10-5-3-2-4-6-10/h2-6,8H,17H2,1H3,(H,18,19,22). The Morgan fingerprint density at radius 1 is 1.39 bits per heavy atom. The number of nitriles is 1. The summed E-state index contributed by atoms with van der Waals surface area (Å²) < 4.78 is 1.36. The Morgan fingerprint density at radius 2 is 2.13 bits per heavy atom. The number of benzene rings is 1. The van der Waals surface area contributed by atoms with E-state index < -0.39 is 5.91 Å². The highest BCUT2D eigenvalue weighted by Crippen LogP contribution is 2.22. The van der Waals surface area contributed by atoms with Crippen molar-refractivity contribution in [2.24, 2.45) is 0 Å². The van der Waals surface area contributed by atoms with E-state index in [-0.39, 0.29) is 17.1 Å². The van der Waals surface area contributed by atoms with Crippen molar-refractivity contribution in [2.45, 2.75) is 6.92 Å². The van der Waals surface area contributed by atoms with E-state index in [4.69, 9.17) is 5.73 Å². The number of nitrogens with two attached hydrogens (primary N) is 1. The van der Waals surface area contributed by atoms with Crippen LogP contribution in [0, 0.1) is 18.3 Å². The number of nitrogens with zero attached hydrogens (tertiary/aromatic N) is 4. The van der Waals surface area contributed by atoms with Crippen molar-refractivity contribution in [2.75, 3.05) is 11.1 Å². The Bertz CT molecular complexity index is 906. The highest BCUT2D eigenvalue weighted by Gasteiger charge is 2.22. The molecule has 0 saturated heterocycles. The van der Waals surface area contributed by atoms with Crippen LogP contribution in [0.4, 0.5) is 10.8 Å². The number of nitrogens with one attached hydrogen (secondary N) is 1. The second-order valence-corrected chi connectivity index (χ2v) is 5.58. The Balaban J connectivity index is 1.99. The number of para-hydroxylation sites is 1. The van der Waals surface area contributed by atoms with Gasteiger partial charge in [0.2, 0.25) is 0 Å². The van der Waals surface area contributed by atoms with E-state index in [2.05, 4.69) is 15.4 Å². The lowest BCUT2D eigenvalue weighted by Crippen LogP contribution is -2.14. The van der Waals surface area contributed by atoms with E-state index >= 15 is 0 Å². The first kappa shape index (κ1) is 14.7. The molecule has 2 aromatic heterocycles. The smallest absolute Gasteiger partial charge is 0.280 e. The third-order valence-electron chi connectivity index (χ3n) is 3.08. The summed E-state index contributed by atoms with van der Waals surface area (Å²) in [5.74, 6) is -0.497. The molecule has 3 N–H and O–H groups in total. The molecule has 0 aliphatic rings. The summed E-state index contributed by atoms with van der Waals surface area (Å²) in [6.45, 7) is 1.83. The van der Waals surface area contributed by atoms with Gasteiger partial charge in [0.05, 0.1) is 11.4 Å². The van der Waals surface area contributed by atoms with Crippen LogP contribution in [0.5, 0.6) is 0 Å².